The summed E-state index contributed by atoms with van der Waals surface area (Å²) in [4.78, 5) is 45.6. The second-order valence-electron chi connectivity index (χ2n) is 21.0. The molecule has 0 spiro atoms. The minimum atomic E-state index is -4.40. The number of carbonyl (C=O) groups is 3. The number of carbonyl (C=O) groups excluding carboxylic acids is 3. The predicted octanol–water partition coefficient (Wildman–Crippen LogP) is 4.56. The van der Waals surface area contributed by atoms with E-state index in [2.05, 4.69) is 30.3 Å². The molecule has 31 heteroatoms. The normalized spacial score (nSPS) is 25.9. The van der Waals surface area contributed by atoms with E-state index in [0.717, 1.165) is 0 Å². The molecule has 456 valence electrons. The number of para-hydroxylation sites is 2. The molecule has 6 heterocycles. The molecule has 0 bridgehead atoms. The van der Waals surface area contributed by atoms with E-state index in [1.165, 1.54) is 85.8 Å². The first kappa shape index (κ1) is 64.9. The molecule has 2 aliphatic rings. The van der Waals surface area contributed by atoms with Crippen molar-refractivity contribution in [2.75, 3.05) is 24.7 Å². The molecule has 9 N–H and O–H groups in total. The Morgan fingerprint density at radius 3 is 1.45 bits per heavy atom. The van der Waals surface area contributed by atoms with Crippen molar-refractivity contribution >= 4 is 56.1 Å². The third-order valence-corrected chi connectivity index (χ3v) is 16.8. The van der Waals surface area contributed by atoms with E-state index >= 15 is 0 Å². The molecular weight excluding hydrogens is 1150 g/mol. The molecule has 2 fully saturated rings. The zero-order valence-electron chi connectivity index (χ0n) is 48.0. The zero-order valence-corrected chi connectivity index (χ0v) is 49.8. The van der Waals surface area contributed by atoms with Crippen LogP contribution in [-0.4, -0.2) is 136 Å². The maximum atomic E-state index is 14.1. The molecule has 2 saturated heterocycles. The fraction of sp³-hybridized carbons (Fsp3) is 0.463. The number of rotatable bonds is 22. The summed E-state index contributed by atoms with van der Waals surface area (Å²) in [5, 5.41) is 68.6. The summed E-state index contributed by atoms with van der Waals surface area (Å²) >= 11 is 0. The second kappa shape index (κ2) is 25.9. The Kier molecular flexibility index (Phi) is 19.8. The van der Waals surface area contributed by atoms with Crippen molar-refractivity contribution in [3.8, 4) is 23.6 Å². The predicted molar refractivity (Wildman–Crippen MR) is 300 cm³/mol. The summed E-state index contributed by atoms with van der Waals surface area (Å²) in [5.41, 5.74) is 4.01. The van der Waals surface area contributed by atoms with Crippen molar-refractivity contribution in [2.24, 2.45) is 5.92 Å². The van der Waals surface area contributed by atoms with Gasteiger partial charge >= 0.3 is 33.4 Å². The van der Waals surface area contributed by atoms with E-state index in [4.69, 9.17) is 53.2 Å². The summed E-state index contributed by atoms with van der Waals surface area (Å²) < 4.78 is 81.5. The molecule has 2 unspecified atom stereocenters. The number of nitrogens with one attached hydrogen (secondary N) is 2. The first-order valence-electron chi connectivity index (χ1n) is 26.6. The van der Waals surface area contributed by atoms with Gasteiger partial charge in [0.15, 0.2) is 17.7 Å². The van der Waals surface area contributed by atoms with Gasteiger partial charge in [-0.05, 0) is 104 Å². The van der Waals surface area contributed by atoms with Gasteiger partial charge in [-0.25, -0.2) is 28.1 Å². The average Bonchev–Trinajstić information content (AvgIpc) is 1.75. The Balaban J connectivity index is 0.000000245. The summed E-state index contributed by atoms with van der Waals surface area (Å²) in [6, 6.07) is 24.0. The van der Waals surface area contributed by atoms with Crippen molar-refractivity contribution in [1.82, 2.24) is 39.4 Å². The topological polar surface area (TPSA) is 413 Å². The maximum absolute atomic E-state index is 14.1. The Hall–Kier alpha value is -7.63. The quantitative estimate of drug-likeness (QED) is 0.0278. The van der Waals surface area contributed by atoms with Crippen molar-refractivity contribution < 1.29 is 80.6 Å². The van der Waals surface area contributed by atoms with Crippen LogP contribution in [0.2, 0.25) is 0 Å². The average molecular weight is 1220 g/mol. The fourth-order valence-electron chi connectivity index (χ4n) is 9.13. The van der Waals surface area contributed by atoms with Gasteiger partial charge < -0.3 is 59.5 Å². The fourth-order valence-corrected chi connectivity index (χ4v) is 12.1. The number of esters is 3. The van der Waals surface area contributed by atoms with E-state index in [1.807, 2.05) is 12.1 Å². The molecule has 2 aliphatic heterocycles. The third kappa shape index (κ3) is 13.6. The van der Waals surface area contributed by atoms with Crippen LogP contribution >= 0.6 is 15.5 Å². The highest BCUT2D eigenvalue weighted by molar-refractivity contribution is 7.52. The molecule has 0 amide bonds. The van der Waals surface area contributed by atoms with Gasteiger partial charge in [0.2, 0.25) is 11.2 Å². The van der Waals surface area contributed by atoms with Crippen LogP contribution in [0.3, 0.4) is 0 Å². The van der Waals surface area contributed by atoms with E-state index < -0.39 is 124 Å². The van der Waals surface area contributed by atoms with Gasteiger partial charge in [0.05, 0.1) is 42.7 Å². The molecule has 2 aromatic carbocycles. The summed E-state index contributed by atoms with van der Waals surface area (Å²) in [6.45, 7) is 14.0. The SMILES string of the molecule is CC(C)OC(=O)[C@H](C)NP(=O)(OC[C@H]1O[C@@](C#N)(c2ccc3c(N)ncnn23)[C@](C)(O)[C@@H]1O)Oc1ccccc1.CC(C)OC(=O)[C@H](C)NP(=O)(OC[C@H]1O[C@@](C#N)(c2ccc3c(N)ncnn23)[C@](C)(O)[C@@H]1OC(=O)C(C)C)Oc1ccccc1. The van der Waals surface area contributed by atoms with E-state index in [1.54, 1.807) is 90.1 Å². The van der Waals surface area contributed by atoms with E-state index in [-0.39, 0.29) is 34.5 Å². The standard InChI is InChI=1S/C29H37N6O9P.C25H31N6O8P/c1-17(2)26(36)42-24-22(43-29(15-30,28(24,6)38)23-13-12-21-25(31)32-16-33-35(21)23)14-40-45(39,44-20-10-8-7-9-11-20)34-19(5)27(37)41-18(3)4;1-15(2)37-23(33)16(3)30-40(35,39-17-8-6-5-7-9-17)36-12-19-21(32)24(4,34)25(13-26,38-19)20-11-10-18-22(27)28-14-29-31(18)20/h7-13,16-19,22,24,38H,14H2,1-6H3,(H,34,39)(H2,31,32,33);5-11,14-16,19,21,32,34H,12H2,1-4H3,(H,30,35)(H2,27,28,29)/t19-,22+,24+,28+,29-,45?;16-,19+,21+,24+,25-,40?/m00/s1. The van der Waals surface area contributed by atoms with Gasteiger partial charge in [0, 0.05) is 0 Å². The van der Waals surface area contributed by atoms with Crippen LogP contribution in [0, 0.1) is 28.6 Å². The summed E-state index contributed by atoms with van der Waals surface area (Å²) in [7, 11) is -8.72. The number of nitrogen functional groups attached to an aromatic ring is 2. The Bertz CT molecular complexity index is 3540. The first-order valence-corrected chi connectivity index (χ1v) is 29.7. The van der Waals surface area contributed by atoms with E-state index in [0.29, 0.717) is 11.0 Å². The largest absolute Gasteiger partial charge is 0.462 e. The first-order chi connectivity index (χ1) is 40.0. The van der Waals surface area contributed by atoms with Crippen LogP contribution in [0.4, 0.5) is 11.6 Å². The second-order valence-corrected chi connectivity index (χ2v) is 24.4. The number of aliphatic hydroxyl groups excluding tert-OH is 1. The van der Waals surface area contributed by atoms with Crippen molar-refractivity contribution in [2.45, 2.75) is 140 Å². The third-order valence-electron chi connectivity index (χ3n) is 13.5. The number of hydrogen-bond acceptors (Lipinski definition) is 25. The molecule has 0 aliphatic carbocycles. The lowest BCUT2D eigenvalue weighted by Gasteiger charge is -2.34. The number of nitrogens with two attached hydrogens (primary N) is 2. The van der Waals surface area contributed by atoms with Crippen LogP contribution in [0.1, 0.15) is 80.6 Å². The lowest BCUT2D eigenvalue weighted by atomic mass is 9.80. The van der Waals surface area contributed by atoms with Crippen molar-refractivity contribution in [3.05, 3.63) is 109 Å². The number of ether oxygens (including phenoxy) is 5. The van der Waals surface area contributed by atoms with Gasteiger partial charge in [-0.15, -0.1) is 0 Å². The summed E-state index contributed by atoms with van der Waals surface area (Å²) in [5.74, 6) is -2.14. The molecule has 29 nitrogen and oxygen atoms in total. The Morgan fingerprint density at radius 2 is 1.05 bits per heavy atom. The molecule has 4 aromatic heterocycles. The number of aromatic nitrogens is 6. The number of nitrogens with zero attached hydrogens (tertiary/aromatic N) is 8. The van der Waals surface area contributed by atoms with Gasteiger partial charge in [0.25, 0.3) is 0 Å². The van der Waals surface area contributed by atoms with Gasteiger partial charge in [-0.3, -0.25) is 23.4 Å². The number of aliphatic hydroxyl groups is 3. The monoisotopic (exact) mass is 1220 g/mol. The zero-order chi connectivity index (χ0) is 62.5. The van der Waals surface area contributed by atoms with Crippen LogP contribution in [0.15, 0.2) is 97.6 Å². The van der Waals surface area contributed by atoms with Crippen molar-refractivity contribution in [3.63, 3.8) is 0 Å². The highest BCUT2D eigenvalue weighted by Gasteiger charge is 2.68. The van der Waals surface area contributed by atoms with Crippen LogP contribution in [0.5, 0.6) is 11.5 Å². The van der Waals surface area contributed by atoms with Gasteiger partial charge in [0.1, 0.15) is 88.9 Å². The Labute approximate surface area is 488 Å². The van der Waals surface area contributed by atoms with Crippen LogP contribution < -0.4 is 30.7 Å². The van der Waals surface area contributed by atoms with Crippen LogP contribution in [0.25, 0.3) is 11.0 Å². The minimum absolute atomic E-state index is 0.0686. The smallest absolute Gasteiger partial charge is 0.459 e. The van der Waals surface area contributed by atoms with E-state index in [9.17, 15) is 49.4 Å². The number of nitriles is 2. The van der Waals surface area contributed by atoms with Gasteiger partial charge in [-0.2, -0.15) is 30.9 Å². The highest BCUT2D eigenvalue weighted by Crippen LogP contribution is 2.53. The number of hydrogen-bond donors (Lipinski definition) is 7. The lowest BCUT2D eigenvalue weighted by molar-refractivity contribution is -0.168. The van der Waals surface area contributed by atoms with Crippen molar-refractivity contribution in [1.29, 1.82) is 10.5 Å². The molecule has 85 heavy (non-hydrogen) atoms. The molecule has 6 aromatic rings. The molecule has 8 rings (SSSR count). The number of benzene rings is 2. The molecular formula is C54H68N12O17P2. The Morgan fingerprint density at radius 1 is 0.647 bits per heavy atom. The summed E-state index contributed by atoms with van der Waals surface area (Å²) in [6.07, 6.45) is -4.45. The number of anilines is 2. The van der Waals surface area contributed by atoms with Gasteiger partial charge in [-0.1, -0.05) is 50.2 Å². The number of fused-ring (bicyclic) bond motifs is 2. The molecule has 0 saturated carbocycles. The maximum Gasteiger partial charge on any atom is 0.459 e. The highest BCUT2D eigenvalue weighted by atomic mass is 31.2. The lowest BCUT2D eigenvalue weighted by Crippen LogP contribution is -2.54. The minimum Gasteiger partial charge on any atom is -0.462 e. The molecule has 12 atom stereocenters. The molecule has 0 radical (unpaired) electrons. The van der Waals surface area contributed by atoms with Crippen LogP contribution in [-0.2, 0) is 67.4 Å².